The molecule has 0 saturated carbocycles. The molecule has 0 atom stereocenters. The Labute approximate surface area is 264 Å². The number of anilines is 2. The van der Waals surface area contributed by atoms with E-state index in [1.165, 1.54) is 29.9 Å². The van der Waals surface area contributed by atoms with Crippen LogP contribution in [0, 0.1) is 29.0 Å². The van der Waals surface area contributed by atoms with Crippen molar-refractivity contribution in [2.75, 3.05) is 38.1 Å². The Bertz CT molecular complexity index is 1900. The van der Waals surface area contributed by atoms with Crippen LogP contribution in [-0.4, -0.2) is 68.4 Å². The highest BCUT2D eigenvalue weighted by Crippen LogP contribution is 2.37. The van der Waals surface area contributed by atoms with Crippen LogP contribution in [0.5, 0.6) is 0 Å². The summed E-state index contributed by atoms with van der Waals surface area (Å²) in [6.45, 7) is 5.92. The first-order valence-electron chi connectivity index (χ1n) is 15.1. The topological polar surface area (TPSA) is 115 Å². The molecule has 2 saturated heterocycles. The van der Waals surface area contributed by atoms with Crippen molar-refractivity contribution in [2.45, 2.75) is 26.2 Å². The molecule has 0 bridgehead atoms. The fourth-order valence-electron chi connectivity index (χ4n) is 6.02. The number of pyridine rings is 1. The number of aryl methyl sites for hydroxylation is 1. The van der Waals surface area contributed by atoms with Gasteiger partial charge in [-0.25, -0.2) is 24.3 Å². The summed E-state index contributed by atoms with van der Waals surface area (Å²) in [5.74, 6) is 2.46. The summed E-state index contributed by atoms with van der Waals surface area (Å²) in [6.07, 6.45) is 7.60. The molecule has 1 N–H and O–H groups in total. The number of nitrogens with zero attached hydrogens (tertiary/aromatic N) is 8. The highest BCUT2D eigenvalue weighted by molar-refractivity contribution is 7.16. The van der Waals surface area contributed by atoms with Crippen LogP contribution in [0.25, 0.3) is 28.0 Å². The number of nitrogens with one attached hydrogen (secondary N) is 1. The van der Waals surface area contributed by atoms with Crippen LogP contribution in [0.3, 0.4) is 0 Å². The van der Waals surface area contributed by atoms with Gasteiger partial charge in [0.05, 0.1) is 12.1 Å². The lowest BCUT2D eigenvalue weighted by molar-refractivity contribution is -0.137. The van der Waals surface area contributed by atoms with Crippen LogP contribution in [-0.2, 0) is 17.6 Å². The van der Waals surface area contributed by atoms with Gasteiger partial charge >= 0.3 is 0 Å². The monoisotopic (exact) mass is 621 g/mol. The number of nitriles is 1. The first kappa shape index (κ1) is 29.0. The molecule has 4 aromatic heterocycles. The first-order valence-corrected chi connectivity index (χ1v) is 15.9. The zero-order valence-electron chi connectivity index (χ0n) is 25.1. The Kier molecular flexibility index (Phi) is 7.73. The minimum atomic E-state index is -0.343. The number of aromatic nitrogens is 5. The lowest BCUT2D eigenvalue weighted by Crippen LogP contribution is -2.53. The molecule has 0 aliphatic carbocycles. The minimum Gasteiger partial charge on any atom is -0.342 e. The predicted molar refractivity (Wildman–Crippen MR) is 171 cm³/mol. The highest BCUT2D eigenvalue weighted by atomic mass is 32.1. The Morgan fingerprint density at radius 3 is 2.47 bits per heavy atom. The number of carbonyl (C=O) groups excluding carboxylic acids is 1. The molecule has 6 heterocycles. The maximum Gasteiger partial charge on any atom is 0.230 e. The van der Waals surface area contributed by atoms with E-state index in [-0.39, 0.29) is 18.1 Å². The molecule has 2 aliphatic heterocycles. The van der Waals surface area contributed by atoms with Gasteiger partial charge in [-0.3, -0.25) is 9.20 Å². The average molecular weight is 622 g/mol. The van der Waals surface area contributed by atoms with Crippen molar-refractivity contribution in [3.05, 3.63) is 77.2 Å². The third kappa shape index (κ3) is 5.65. The molecule has 2 aliphatic rings. The molecule has 7 rings (SSSR count). The number of rotatable bonds is 9. The van der Waals surface area contributed by atoms with Crippen LogP contribution in [0.2, 0.25) is 0 Å². The number of fused-ring (bicyclic) bond motifs is 1. The Morgan fingerprint density at radius 2 is 1.80 bits per heavy atom. The Balaban J connectivity index is 1.11. The molecule has 2 fully saturated rings. The van der Waals surface area contributed by atoms with E-state index in [0.29, 0.717) is 39.4 Å². The largest absolute Gasteiger partial charge is 0.342 e. The molecular weight excluding hydrogens is 589 g/mol. The van der Waals surface area contributed by atoms with Crippen molar-refractivity contribution in [2.24, 2.45) is 11.8 Å². The molecule has 45 heavy (non-hydrogen) atoms. The number of likely N-dealkylation sites (tertiary alicyclic amines) is 1. The van der Waals surface area contributed by atoms with Gasteiger partial charge in [0.1, 0.15) is 39.7 Å². The third-order valence-electron chi connectivity index (χ3n) is 8.63. The number of amides is 1. The maximum atomic E-state index is 13.5. The van der Waals surface area contributed by atoms with Crippen LogP contribution < -0.4 is 10.2 Å². The van der Waals surface area contributed by atoms with E-state index >= 15 is 0 Å². The molecule has 1 aromatic carbocycles. The predicted octanol–water partition coefficient (Wildman–Crippen LogP) is 4.87. The van der Waals surface area contributed by atoms with Gasteiger partial charge in [-0.2, -0.15) is 5.26 Å². The minimum absolute atomic E-state index is 0.0784. The van der Waals surface area contributed by atoms with E-state index in [4.69, 9.17) is 9.97 Å². The fraction of sp³-hybridized carbons (Fsp3) is 0.333. The number of benzene rings is 1. The van der Waals surface area contributed by atoms with Gasteiger partial charge in [-0.15, -0.1) is 0 Å². The second-order valence-electron chi connectivity index (χ2n) is 11.7. The number of hydrogen-bond acceptors (Lipinski definition) is 9. The molecule has 12 heteroatoms. The normalized spacial score (nSPS) is 15.1. The summed E-state index contributed by atoms with van der Waals surface area (Å²) in [6, 6.07) is 12.2. The molecular formula is C33H32FN9OS. The third-order valence-corrected chi connectivity index (χ3v) is 9.66. The van der Waals surface area contributed by atoms with Gasteiger partial charge in [-0.1, -0.05) is 18.3 Å². The summed E-state index contributed by atoms with van der Waals surface area (Å²) in [7, 11) is 1.91. The number of carbonyl (C=O) groups is 1. The molecule has 0 spiro atoms. The quantitative estimate of drug-likeness (QED) is 0.248. The van der Waals surface area contributed by atoms with Crippen LogP contribution in [0.1, 0.15) is 29.7 Å². The van der Waals surface area contributed by atoms with Crippen LogP contribution in [0.4, 0.5) is 15.3 Å². The van der Waals surface area contributed by atoms with E-state index in [9.17, 15) is 14.4 Å². The van der Waals surface area contributed by atoms with Crippen molar-refractivity contribution >= 4 is 33.8 Å². The van der Waals surface area contributed by atoms with Gasteiger partial charge in [-0.05, 0) is 74.2 Å². The molecule has 1 amide bonds. The van der Waals surface area contributed by atoms with Crippen molar-refractivity contribution in [3.63, 3.8) is 0 Å². The van der Waals surface area contributed by atoms with E-state index in [0.717, 1.165) is 60.4 Å². The summed E-state index contributed by atoms with van der Waals surface area (Å²) in [5.41, 5.74) is 4.59. The average Bonchev–Trinajstić information content (AvgIpc) is 3.61. The molecule has 5 aromatic rings. The maximum absolute atomic E-state index is 13.5. The number of thiazole rings is 1. The summed E-state index contributed by atoms with van der Waals surface area (Å²) < 4.78 is 15.5. The standard InChI is InChI=1S/C33H32FN9OS/c1-3-26-32(41(2)33-40-31(27(12-35)45-33)22-4-7-25(34)8-5-22)43-19-23(6-9-29(43)39-26)24-15-37-28(38-16-24)11-30(44)42-17-21(18-42)10-20-13-36-14-20/h4-9,15-16,19-21,36H,3,10-11,13-14,17-18H2,1-2H3. The van der Waals surface area contributed by atoms with Crippen molar-refractivity contribution < 1.29 is 9.18 Å². The first-order chi connectivity index (χ1) is 21.9. The van der Waals surface area contributed by atoms with Crippen molar-refractivity contribution in [1.29, 1.82) is 5.26 Å². The molecule has 228 valence electrons. The second kappa shape index (κ2) is 12.0. The number of halogens is 1. The highest BCUT2D eigenvalue weighted by Gasteiger charge is 2.33. The van der Waals surface area contributed by atoms with Gasteiger partial charge in [0.15, 0.2) is 5.13 Å². The number of hydrogen-bond donors (Lipinski definition) is 1. The lowest BCUT2D eigenvalue weighted by atomic mass is 9.85. The van der Waals surface area contributed by atoms with Crippen molar-refractivity contribution in [1.82, 2.24) is 34.6 Å². The molecule has 0 unspecified atom stereocenters. The van der Waals surface area contributed by atoms with E-state index < -0.39 is 0 Å². The zero-order valence-corrected chi connectivity index (χ0v) is 25.9. The fourth-order valence-corrected chi connectivity index (χ4v) is 6.87. The summed E-state index contributed by atoms with van der Waals surface area (Å²) in [4.78, 5) is 35.8. The Morgan fingerprint density at radius 1 is 1.07 bits per heavy atom. The Hall–Kier alpha value is -4.73. The van der Waals surface area contributed by atoms with Gasteiger partial charge < -0.3 is 15.1 Å². The van der Waals surface area contributed by atoms with Gasteiger partial charge in [0.25, 0.3) is 0 Å². The zero-order chi connectivity index (χ0) is 31.1. The summed E-state index contributed by atoms with van der Waals surface area (Å²) >= 11 is 1.28. The second-order valence-corrected chi connectivity index (χ2v) is 12.7. The van der Waals surface area contributed by atoms with Crippen LogP contribution in [0.15, 0.2) is 55.0 Å². The van der Waals surface area contributed by atoms with Gasteiger partial charge in [0, 0.05) is 55.4 Å². The van der Waals surface area contributed by atoms with E-state index in [1.807, 2.05) is 46.5 Å². The van der Waals surface area contributed by atoms with E-state index in [1.54, 1.807) is 24.5 Å². The lowest BCUT2D eigenvalue weighted by Gasteiger charge is -2.42. The van der Waals surface area contributed by atoms with Crippen LogP contribution >= 0.6 is 11.3 Å². The van der Waals surface area contributed by atoms with E-state index in [2.05, 4.69) is 21.4 Å². The SMILES string of the molecule is CCc1nc2ccc(-c3cnc(CC(=O)N4CC(CC5CNC5)C4)nc3)cn2c1N(C)c1nc(-c2ccc(F)cc2)c(C#N)s1. The van der Waals surface area contributed by atoms with Gasteiger partial charge in [0.2, 0.25) is 5.91 Å². The van der Waals surface area contributed by atoms with Crippen molar-refractivity contribution in [3.8, 4) is 28.5 Å². The molecule has 10 nitrogen and oxygen atoms in total. The smallest absolute Gasteiger partial charge is 0.230 e. The summed E-state index contributed by atoms with van der Waals surface area (Å²) in [5, 5.41) is 13.8. The molecule has 0 radical (unpaired) electrons. The number of imidazole rings is 1.